The molecule has 1 atom stereocenters. The van der Waals surface area contributed by atoms with Crippen LogP contribution in [0.25, 0.3) is 0 Å². The Kier molecular flexibility index (Phi) is 5.44. The number of carbonyl (C=O) groups is 1. The first-order valence-corrected chi connectivity index (χ1v) is 6.39. The van der Waals surface area contributed by atoms with Crippen molar-refractivity contribution in [2.24, 2.45) is 5.73 Å². The van der Waals surface area contributed by atoms with Crippen molar-refractivity contribution in [3.63, 3.8) is 0 Å². The van der Waals surface area contributed by atoms with E-state index in [1.54, 1.807) is 18.2 Å². The molecule has 0 fully saturated rings. The maximum absolute atomic E-state index is 11.7. The lowest BCUT2D eigenvalue weighted by Gasteiger charge is -2.13. The number of hydrogen-bond donors (Lipinski definition) is 3. The molecule has 0 aromatic heterocycles. The summed E-state index contributed by atoms with van der Waals surface area (Å²) in [5.74, 6) is -0.254. The van der Waals surface area contributed by atoms with Gasteiger partial charge in [0, 0.05) is 0 Å². The monoisotopic (exact) mass is 300 g/mol. The molecule has 1 unspecified atom stereocenters. The third-order valence-corrected chi connectivity index (χ3v) is 3.09. The van der Waals surface area contributed by atoms with Gasteiger partial charge in [-0.1, -0.05) is 25.8 Å². The minimum Gasteiger partial charge on any atom is -0.505 e. The quantitative estimate of drug-likeness (QED) is 0.732. The van der Waals surface area contributed by atoms with E-state index in [1.807, 2.05) is 6.92 Å². The summed E-state index contributed by atoms with van der Waals surface area (Å²) in [6.45, 7) is 2.05. The van der Waals surface area contributed by atoms with Crippen molar-refractivity contribution in [3.05, 3.63) is 22.7 Å². The fourth-order valence-corrected chi connectivity index (χ4v) is 1.76. The standard InChI is InChI=1S/C12H17BrN2O2/c1-2-3-6-9(14)12(17)15-10-7-4-5-8(13)11(10)16/h4-5,7,9,16H,2-3,6,14H2,1H3,(H,15,17). The van der Waals surface area contributed by atoms with Gasteiger partial charge < -0.3 is 16.2 Å². The highest BCUT2D eigenvalue weighted by atomic mass is 79.9. The van der Waals surface area contributed by atoms with E-state index >= 15 is 0 Å². The van der Waals surface area contributed by atoms with Crippen molar-refractivity contribution in [2.45, 2.75) is 32.2 Å². The van der Waals surface area contributed by atoms with Crippen molar-refractivity contribution in [1.82, 2.24) is 0 Å². The summed E-state index contributed by atoms with van der Waals surface area (Å²) in [6.07, 6.45) is 2.57. The van der Waals surface area contributed by atoms with Crippen molar-refractivity contribution >= 4 is 27.5 Å². The number of unbranched alkanes of at least 4 members (excludes halogenated alkanes) is 1. The minimum absolute atomic E-state index is 0.0172. The highest BCUT2D eigenvalue weighted by Gasteiger charge is 2.15. The van der Waals surface area contributed by atoms with Crippen LogP contribution in [-0.4, -0.2) is 17.1 Å². The fraction of sp³-hybridized carbons (Fsp3) is 0.417. The second-order valence-electron chi connectivity index (χ2n) is 3.87. The van der Waals surface area contributed by atoms with Crippen LogP contribution in [0.3, 0.4) is 0 Å². The molecule has 5 heteroatoms. The Labute approximate surface area is 109 Å². The van der Waals surface area contributed by atoms with Crippen LogP contribution in [0.5, 0.6) is 5.75 Å². The molecule has 4 nitrogen and oxygen atoms in total. The van der Waals surface area contributed by atoms with Gasteiger partial charge in [-0.15, -0.1) is 0 Å². The van der Waals surface area contributed by atoms with Crippen LogP contribution in [0.4, 0.5) is 5.69 Å². The Morgan fingerprint density at radius 1 is 1.59 bits per heavy atom. The maximum Gasteiger partial charge on any atom is 0.241 e. The Morgan fingerprint density at radius 3 is 2.94 bits per heavy atom. The number of hydrogen-bond acceptors (Lipinski definition) is 3. The number of carbonyl (C=O) groups excluding carboxylic acids is 1. The first-order chi connectivity index (χ1) is 8.06. The van der Waals surface area contributed by atoms with Crippen LogP contribution in [0.15, 0.2) is 22.7 Å². The third kappa shape index (κ3) is 4.02. The molecule has 0 saturated carbocycles. The molecular weight excluding hydrogens is 284 g/mol. The Morgan fingerprint density at radius 2 is 2.29 bits per heavy atom. The van der Waals surface area contributed by atoms with Gasteiger partial charge in [0.05, 0.1) is 16.2 Å². The van der Waals surface area contributed by atoms with E-state index in [0.29, 0.717) is 16.6 Å². The molecule has 17 heavy (non-hydrogen) atoms. The number of nitrogens with one attached hydrogen (secondary N) is 1. The van der Waals surface area contributed by atoms with Gasteiger partial charge in [-0.05, 0) is 34.5 Å². The summed E-state index contributed by atoms with van der Waals surface area (Å²) in [6, 6.07) is 4.53. The van der Waals surface area contributed by atoms with Gasteiger partial charge >= 0.3 is 0 Å². The van der Waals surface area contributed by atoms with E-state index in [0.717, 1.165) is 12.8 Å². The molecule has 1 amide bonds. The number of aromatic hydroxyl groups is 1. The van der Waals surface area contributed by atoms with Crippen molar-refractivity contribution in [3.8, 4) is 5.75 Å². The smallest absolute Gasteiger partial charge is 0.241 e. The SMILES string of the molecule is CCCCC(N)C(=O)Nc1cccc(Br)c1O. The summed E-state index contributed by atoms with van der Waals surface area (Å²) in [5, 5.41) is 12.3. The predicted molar refractivity (Wildman–Crippen MR) is 71.9 cm³/mol. The number of amides is 1. The zero-order valence-corrected chi connectivity index (χ0v) is 11.3. The van der Waals surface area contributed by atoms with Crippen LogP contribution >= 0.6 is 15.9 Å². The highest BCUT2D eigenvalue weighted by Crippen LogP contribution is 2.31. The molecule has 0 bridgehead atoms. The van der Waals surface area contributed by atoms with Gasteiger partial charge in [0.2, 0.25) is 5.91 Å². The van der Waals surface area contributed by atoms with Gasteiger partial charge in [-0.3, -0.25) is 4.79 Å². The molecule has 1 rings (SSSR count). The second-order valence-corrected chi connectivity index (χ2v) is 4.73. The lowest BCUT2D eigenvalue weighted by Crippen LogP contribution is -2.35. The number of para-hydroxylation sites is 1. The van der Waals surface area contributed by atoms with Crippen LogP contribution < -0.4 is 11.1 Å². The van der Waals surface area contributed by atoms with Crippen molar-refractivity contribution in [2.75, 3.05) is 5.32 Å². The van der Waals surface area contributed by atoms with E-state index in [2.05, 4.69) is 21.2 Å². The molecule has 0 heterocycles. The number of halogens is 1. The molecule has 0 aliphatic heterocycles. The predicted octanol–water partition coefficient (Wildman–Crippen LogP) is 2.61. The van der Waals surface area contributed by atoms with Gasteiger partial charge in [-0.2, -0.15) is 0 Å². The molecule has 94 valence electrons. The summed E-state index contributed by atoms with van der Waals surface area (Å²) < 4.78 is 0.539. The molecule has 0 spiro atoms. The van der Waals surface area contributed by atoms with Crippen LogP contribution in [0.2, 0.25) is 0 Å². The van der Waals surface area contributed by atoms with E-state index in [4.69, 9.17) is 5.73 Å². The first-order valence-electron chi connectivity index (χ1n) is 5.60. The number of nitrogens with two attached hydrogens (primary N) is 1. The van der Waals surface area contributed by atoms with Crippen molar-refractivity contribution < 1.29 is 9.90 Å². The van der Waals surface area contributed by atoms with Crippen LogP contribution in [0, 0.1) is 0 Å². The number of anilines is 1. The Bertz CT molecular complexity index is 396. The van der Waals surface area contributed by atoms with E-state index in [-0.39, 0.29) is 11.7 Å². The van der Waals surface area contributed by atoms with E-state index < -0.39 is 6.04 Å². The largest absolute Gasteiger partial charge is 0.505 e. The average Bonchev–Trinajstić information content (AvgIpc) is 2.31. The van der Waals surface area contributed by atoms with E-state index in [9.17, 15) is 9.90 Å². The summed E-state index contributed by atoms with van der Waals surface area (Å²) in [7, 11) is 0. The Balaban J connectivity index is 2.64. The second kappa shape index (κ2) is 6.61. The minimum atomic E-state index is -0.534. The van der Waals surface area contributed by atoms with Crippen LogP contribution in [0.1, 0.15) is 26.2 Å². The zero-order valence-electron chi connectivity index (χ0n) is 9.74. The highest BCUT2D eigenvalue weighted by molar-refractivity contribution is 9.10. The number of benzene rings is 1. The fourth-order valence-electron chi connectivity index (χ4n) is 1.40. The third-order valence-electron chi connectivity index (χ3n) is 2.45. The molecule has 1 aromatic carbocycles. The molecular formula is C12H17BrN2O2. The molecule has 1 aromatic rings. The molecule has 0 saturated heterocycles. The summed E-state index contributed by atoms with van der Waals surface area (Å²) in [5.41, 5.74) is 6.11. The molecule has 0 radical (unpaired) electrons. The normalized spacial score (nSPS) is 12.2. The number of phenolic OH excluding ortho intramolecular Hbond substituents is 1. The van der Waals surface area contributed by atoms with Gasteiger partial charge in [0.25, 0.3) is 0 Å². The summed E-state index contributed by atoms with van der Waals surface area (Å²) in [4.78, 5) is 11.7. The lowest BCUT2D eigenvalue weighted by molar-refractivity contribution is -0.117. The maximum atomic E-state index is 11.7. The van der Waals surface area contributed by atoms with Crippen LogP contribution in [-0.2, 0) is 4.79 Å². The Hall–Kier alpha value is -1.07. The van der Waals surface area contributed by atoms with Gasteiger partial charge in [0.15, 0.2) is 5.75 Å². The molecule has 0 aliphatic rings. The van der Waals surface area contributed by atoms with Gasteiger partial charge in [-0.25, -0.2) is 0 Å². The number of rotatable bonds is 5. The molecule has 0 aliphatic carbocycles. The molecule has 4 N–H and O–H groups in total. The topological polar surface area (TPSA) is 75.4 Å². The first kappa shape index (κ1) is 14.0. The van der Waals surface area contributed by atoms with E-state index in [1.165, 1.54) is 0 Å². The number of phenols is 1. The zero-order chi connectivity index (χ0) is 12.8. The lowest BCUT2D eigenvalue weighted by atomic mass is 10.1. The van der Waals surface area contributed by atoms with Gasteiger partial charge in [0.1, 0.15) is 0 Å². The van der Waals surface area contributed by atoms with Crippen molar-refractivity contribution in [1.29, 1.82) is 0 Å². The average molecular weight is 301 g/mol. The summed E-state index contributed by atoms with van der Waals surface area (Å²) >= 11 is 3.18.